The van der Waals surface area contributed by atoms with Crippen molar-refractivity contribution in [3.05, 3.63) is 46.2 Å². The minimum Gasteiger partial charge on any atom is -0.507 e. The van der Waals surface area contributed by atoms with Crippen LogP contribution in [-0.4, -0.2) is 41.1 Å². The van der Waals surface area contributed by atoms with Crippen molar-refractivity contribution in [3.63, 3.8) is 0 Å². The third-order valence-electron chi connectivity index (χ3n) is 4.65. The average molecular weight is 385 g/mol. The van der Waals surface area contributed by atoms with E-state index in [2.05, 4.69) is 17.1 Å². The van der Waals surface area contributed by atoms with Crippen LogP contribution in [0, 0.1) is 11.7 Å². The lowest BCUT2D eigenvalue weighted by atomic mass is 10.0. The zero-order valence-corrected chi connectivity index (χ0v) is 17.0. The van der Waals surface area contributed by atoms with Crippen LogP contribution in [-0.2, 0) is 6.42 Å². The topological polar surface area (TPSA) is 66.3 Å². The smallest absolute Gasteiger partial charge is 0.200 e. The Bertz CT molecular complexity index is 1040. The van der Waals surface area contributed by atoms with Gasteiger partial charge in [-0.05, 0) is 61.0 Å². The molecule has 0 unspecified atom stereocenters. The first-order valence-corrected chi connectivity index (χ1v) is 9.14. The number of rotatable bonds is 5. The van der Waals surface area contributed by atoms with Crippen molar-refractivity contribution in [1.29, 1.82) is 0 Å². The maximum absolute atomic E-state index is 10.5. The predicted octanol–water partition coefficient (Wildman–Crippen LogP) is 4.25. The van der Waals surface area contributed by atoms with Gasteiger partial charge in [0.1, 0.15) is 11.5 Å². The summed E-state index contributed by atoms with van der Waals surface area (Å²) in [5.74, 6) is 1.47. The number of methoxy groups -OCH3 is 1. The monoisotopic (exact) mass is 384 g/mol. The summed E-state index contributed by atoms with van der Waals surface area (Å²) in [5.41, 5.74) is 4.62. The highest BCUT2D eigenvalue weighted by Gasteiger charge is 2.17. The lowest BCUT2D eigenvalue weighted by molar-refractivity contribution is 0.415. The van der Waals surface area contributed by atoms with E-state index < -0.39 is 0 Å². The number of hydrogen-bond donors (Lipinski definition) is 2. The molecule has 0 aliphatic carbocycles. The van der Waals surface area contributed by atoms with Crippen LogP contribution in [0.4, 0.5) is 5.69 Å². The second kappa shape index (κ2) is 7.44. The number of H-pyrrole nitrogens is 1. The highest BCUT2D eigenvalue weighted by molar-refractivity contribution is 7.71. The van der Waals surface area contributed by atoms with Gasteiger partial charge >= 0.3 is 0 Å². The number of aromatic nitrogens is 3. The SMILES string of the molecule is CCc1cc(-c2n[nH]c(=S)n2-c2ccc(N(C)C)c(OC)c2)c(O)cc1C. The number of anilines is 1. The van der Waals surface area contributed by atoms with Gasteiger partial charge in [0.2, 0.25) is 0 Å². The molecule has 1 heterocycles. The molecule has 0 aliphatic heterocycles. The van der Waals surface area contributed by atoms with Gasteiger partial charge in [-0.3, -0.25) is 9.67 Å². The van der Waals surface area contributed by atoms with Crippen LogP contribution in [0.25, 0.3) is 17.1 Å². The van der Waals surface area contributed by atoms with Gasteiger partial charge in [-0.1, -0.05) is 6.92 Å². The first-order chi connectivity index (χ1) is 12.9. The van der Waals surface area contributed by atoms with Crippen LogP contribution in [0.3, 0.4) is 0 Å². The third-order valence-corrected chi connectivity index (χ3v) is 4.93. The summed E-state index contributed by atoms with van der Waals surface area (Å²) in [6.45, 7) is 4.08. The van der Waals surface area contributed by atoms with Crippen molar-refractivity contribution in [2.45, 2.75) is 20.3 Å². The molecule has 3 rings (SSSR count). The first-order valence-electron chi connectivity index (χ1n) is 8.73. The molecule has 0 aliphatic rings. The molecule has 27 heavy (non-hydrogen) atoms. The Morgan fingerprint density at radius 2 is 2.00 bits per heavy atom. The molecule has 142 valence electrons. The number of nitrogens with zero attached hydrogens (tertiary/aromatic N) is 3. The number of hydrogen-bond acceptors (Lipinski definition) is 5. The fraction of sp³-hybridized carbons (Fsp3) is 0.300. The molecule has 7 heteroatoms. The normalized spacial score (nSPS) is 10.9. The van der Waals surface area contributed by atoms with E-state index >= 15 is 0 Å². The summed E-state index contributed by atoms with van der Waals surface area (Å²) >= 11 is 5.46. The van der Waals surface area contributed by atoms with Gasteiger partial charge < -0.3 is 14.7 Å². The Kier molecular flexibility index (Phi) is 5.23. The largest absolute Gasteiger partial charge is 0.507 e. The second-order valence-electron chi connectivity index (χ2n) is 6.59. The maximum atomic E-state index is 10.5. The van der Waals surface area contributed by atoms with Crippen molar-refractivity contribution < 1.29 is 9.84 Å². The standard InChI is InChI=1S/C20H24N4O2S/c1-6-13-10-15(17(25)9-12(13)2)19-21-22-20(27)24(19)14-7-8-16(23(3)4)18(11-14)26-5/h7-11,25H,6H2,1-5H3,(H,22,27). The Hall–Kier alpha value is -2.80. The minimum absolute atomic E-state index is 0.178. The van der Waals surface area contributed by atoms with Crippen LogP contribution in [0.2, 0.25) is 0 Å². The lowest BCUT2D eigenvalue weighted by Crippen LogP contribution is -2.10. The van der Waals surface area contributed by atoms with Gasteiger partial charge in [0.05, 0.1) is 24.0 Å². The quantitative estimate of drug-likeness (QED) is 0.644. The van der Waals surface area contributed by atoms with Crippen molar-refractivity contribution in [2.24, 2.45) is 0 Å². The summed E-state index contributed by atoms with van der Waals surface area (Å²) in [6, 6.07) is 9.58. The third kappa shape index (κ3) is 3.42. The molecule has 1 aromatic heterocycles. The second-order valence-corrected chi connectivity index (χ2v) is 6.97. The number of phenols is 1. The molecule has 0 spiro atoms. The summed E-state index contributed by atoms with van der Waals surface area (Å²) in [7, 11) is 5.56. The van der Waals surface area contributed by atoms with Crippen molar-refractivity contribution in [2.75, 3.05) is 26.1 Å². The van der Waals surface area contributed by atoms with Crippen LogP contribution >= 0.6 is 12.2 Å². The van der Waals surface area contributed by atoms with Crippen LogP contribution in [0.1, 0.15) is 18.1 Å². The minimum atomic E-state index is 0.178. The van der Waals surface area contributed by atoms with Crippen LogP contribution in [0.15, 0.2) is 30.3 Å². The van der Waals surface area contributed by atoms with Gasteiger partial charge in [0, 0.05) is 20.2 Å². The zero-order valence-electron chi connectivity index (χ0n) is 16.2. The average Bonchev–Trinajstić information content (AvgIpc) is 3.02. The molecule has 0 saturated heterocycles. The number of aromatic amines is 1. The van der Waals surface area contributed by atoms with E-state index in [4.69, 9.17) is 17.0 Å². The first kappa shape index (κ1) is 19.0. The van der Waals surface area contributed by atoms with Gasteiger partial charge in [-0.25, -0.2) is 0 Å². The van der Waals surface area contributed by atoms with E-state index in [1.165, 1.54) is 0 Å². The van der Waals surface area contributed by atoms with Gasteiger partial charge in [-0.2, -0.15) is 5.10 Å². The molecular weight excluding hydrogens is 360 g/mol. The molecule has 0 amide bonds. The molecule has 0 bridgehead atoms. The highest BCUT2D eigenvalue weighted by Crippen LogP contribution is 2.35. The van der Waals surface area contributed by atoms with Crippen molar-refractivity contribution in [1.82, 2.24) is 14.8 Å². The number of aromatic hydroxyl groups is 1. The van der Waals surface area contributed by atoms with E-state index in [1.807, 2.05) is 50.2 Å². The van der Waals surface area contributed by atoms with E-state index in [0.717, 1.165) is 34.7 Å². The summed E-state index contributed by atoms with van der Waals surface area (Å²) < 4.78 is 7.79. The molecule has 0 saturated carbocycles. The summed E-state index contributed by atoms with van der Waals surface area (Å²) in [5, 5.41) is 17.7. The maximum Gasteiger partial charge on any atom is 0.200 e. The molecule has 6 nitrogen and oxygen atoms in total. The Balaban J connectivity index is 2.22. The Labute approximate surface area is 164 Å². The summed E-state index contributed by atoms with van der Waals surface area (Å²) in [4.78, 5) is 1.98. The molecule has 2 aromatic carbocycles. The summed E-state index contributed by atoms with van der Waals surface area (Å²) in [6.07, 6.45) is 0.871. The fourth-order valence-electron chi connectivity index (χ4n) is 3.19. The van der Waals surface area contributed by atoms with Crippen molar-refractivity contribution >= 4 is 17.9 Å². The van der Waals surface area contributed by atoms with Crippen LogP contribution in [0.5, 0.6) is 11.5 Å². The number of benzene rings is 2. The van der Waals surface area contributed by atoms with Gasteiger partial charge in [0.25, 0.3) is 0 Å². The number of ether oxygens (including phenoxy) is 1. The molecule has 3 aromatic rings. The number of nitrogens with one attached hydrogen (secondary N) is 1. The lowest BCUT2D eigenvalue weighted by Gasteiger charge is -2.18. The predicted molar refractivity (Wildman–Crippen MR) is 111 cm³/mol. The van der Waals surface area contributed by atoms with E-state index in [1.54, 1.807) is 17.7 Å². The van der Waals surface area contributed by atoms with Gasteiger partial charge in [-0.15, -0.1) is 0 Å². The van der Waals surface area contributed by atoms with E-state index in [9.17, 15) is 5.11 Å². The Morgan fingerprint density at radius 3 is 2.63 bits per heavy atom. The molecule has 0 fully saturated rings. The van der Waals surface area contributed by atoms with Gasteiger partial charge in [0.15, 0.2) is 10.6 Å². The number of aryl methyl sites for hydroxylation is 2. The molecular formula is C20H24N4O2S. The highest BCUT2D eigenvalue weighted by atomic mass is 32.1. The molecule has 0 radical (unpaired) electrons. The van der Waals surface area contributed by atoms with Crippen LogP contribution < -0.4 is 9.64 Å². The molecule has 0 atom stereocenters. The zero-order chi connectivity index (χ0) is 19.7. The molecule has 2 N–H and O–H groups in total. The van der Waals surface area contributed by atoms with E-state index in [0.29, 0.717) is 16.2 Å². The number of phenolic OH excluding ortho intramolecular Hbond substituents is 1. The fourth-order valence-corrected chi connectivity index (χ4v) is 3.43. The van der Waals surface area contributed by atoms with Crippen molar-refractivity contribution in [3.8, 4) is 28.6 Å². The Morgan fingerprint density at radius 1 is 1.26 bits per heavy atom. The van der Waals surface area contributed by atoms with E-state index in [-0.39, 0.29) is 5.75 Å².